The SMILES string of the molecule is Cc1cc(NC(=O)c2cccc(OCC(F)(F)F)c2)nn1Cc1cccc(Cl)c1. The maximum Gasteiger partial charge on any atom is 0.422 e. The van der Waals surface area contributed by atoms with Gasteiger partial charge in [-0.15, -0.1) is 0 Å². The molecule has 29 heavy (non-hydrogen) atoms. The largest absolute Gasteiger partial charge is 0.484 e. The van der Waals surface area contributed by atoms with E-state index in [4.69, 9.17) is 11.6 Å². The van der Waals surface area contributed by atoms with E-state index in [-0.39, 0.29) is 11.3 Å². The van der Waals surface area contributed by atoms with Gasteiger partial charge in [0.25, 0.3) is 5.91 Å². The summed E-state index contributed by atoms with van der Waals surface area (Å²) in [6.45, 7) is 0.896. The van der Waals surface area contributed by atoms with E-state index in [9.17, 15) is 18.0 Å². The highest BCUT2D eigenvalue weighted by Gasteiger charge is 2.28. The Bertz CT molecular complexity index is 1020. The fourth-order valence-corrected chi connectivity index (χ4v) is 2.83. The number of halogens is 4. The molecule has 0 bridgehead atoms. The molecule has 3 rings (SSSR count). The van der Waals surface area contributed by atoms with Crippen LogP contribution >= 0.6 is 11.6 Å². The zero-order valence-electron chi connectivity index (χ0n) is 15.3. The lowest BCUT2D eigenvalue weighted by atomic mass is 10.2. The third kappa shape index (κ3) is 5.99. The number of alkyl halides is 3. The summed E-state index contributed by atoms with van der Waals surface area (Å²) in [5.41, 5.74) is 1.94. The van der Waals surface area contributed by atoms with Crippen LogP contribution in [0.5, 0.6) is 5.75 Å². The first-order valence-electron chi connectivity index (χ1n) is 8.59. The Labute approximate surface area is 170 Å². The van der Waals surface area contributed by atoms with E-state index < -0.39 is 18.7 Å². The number of aromatic nitrogens is 2. The van der Waals surface area contributed by atoms with Crippen LogP contribution in [0.4, 0.5) is 19.0 Å². The second-order valence-electron chi connectivity index (χ2n) is 6.34. The molecular formula is C20H17ClF3N3O2. The Morgan fingerprint density at radius 1 is 1.17 bits per heavy atom. The molecule has 0 aliphatic rings. The van der Waals surface area contributed by atoms with Gasteiger partial charge in [-0.25, -0.2) is 0 Å². The van der Waals surface area contributed by atoms with Crippen molar-refractivity contribution < 1.29 is 22.7 Å². The lowest BCUT2D eigenvalue weighted by molar-refractivity contribution is -0.153. The van der Waals surface area contributed by atoms with E-state index in [0.29, 0.717) is 17.4 Å². The van der Waals surface area contributed by atoms with E-state index in [0.717, 1.165) is 11.3 Å². The summed E-state index contributed by atoms with van der Waals surface area (Å²) in [6.07, 6.45) is -4.45. The summed E-state index contributed by atoms with van der Waals surface area (Å²) < 4.78 is 43.2. The van der Waals surface area contributed by atoms with Crippen molar-refractivity contribution in [3.63, 3.8) is 0 Å². The quantitative estimate of drug-likeness (QED) is 0.601. The molecule has 0 fully saturated rings. The number of amides is 1. The monoisotopic (exact) mass is 423 g/mol. The van der Waals surface area contributed by atoms with Gasteiger partial charge < -0.3 is 10.1 Å². The van der Waals surface area contributed by atoms with E-state index >= 15 is 0 Å². The van der Waals surface area contributed by atoms with E-state index in [2.05, 4.69) is 15.2 Å². The van der Waals surface area contributed by atoms with Gasteiger partial charge in [-0.2, -0.15) is 18.3 Å². The molecule has 152 valence electrons. The van der Waals surface area contributed by atoms with Crippen LogP contribution in [0.3, 0.4) is 0 Å². The van der Waals surface area contributed by atoms with Crippen LogP contribution in [0.25, 0.3) is 0 Å². The number of benzene rings is 2. The average molecular weight is 424 g/mol. The van der Waals surface area contributed by atoms with Crippen LogP contribution < -0.4 is 10.1 Å². The molecule has 0 saturated heterocycles. The Kier molecular flexibility index (Phi) is 6.12. The third-order valence-electron chi connectivity index (χ3n) is 3.94. The Balaban J connectivity index is 1.68. The highest BCUT2D eigenvalue weighted by Crippen LogP contribution is 2.20. The normalized spacial score (nSPS) is 11.3. The van der Waals surface area contributed by atoms with Crippen LogP contribution in [0.1, 0.15) is 21.6 Å². The first-order valence-corrected chi connectivity index (χ1v) is 8.97. The molecule has 0 saturated carbocycles. The molecule has 0 aliphatic carbocycles. The predicted molar refractivity (Wildman–Crippen MR) is 103 cm³/mol. The van der Waals surface area contributed by atoms with Crippen LogP contribution in [0.15, 0.2) is 54.6 Å². The molecule has 1 N–H and O–H groups in total. The van der Waals surface area contributed by atoms with Crippen molar-refractivity contribution in [2.24, 2.45) is 0 Å². The van der Waals surface area contributed by atoms with Crippen molar-refractivity contribution in [1.82, 2.24) is 9.78 Å². The fourth-order valence-electron chi connectivity index (χ4n) is 2.62. The molecule has 0 atom stereocenters. The number of nitrogens with zero attached hydrogens (tertiary/aromatic N) is 2. The molecule has 0 radical (unpaired) electrons. The van der Waals surface area contributed by atoms with Crippen molar-refractivity contribution in [3.8, 4) is 5.75 Å². The van der Waals surface area contributed by atoms with E-state index in [1.807, 2.05) is 25.1 Å². The lowest BCUT2D eigenvalue weighted by Crippen LogP contribution is -2.19. The minimum Gasteiger partial charge on any atom is -0.484 e. The summed E-state index contributed by atoms with van der Waals surface area (Å²) in [5, 5.41) is 7.61. The summed E-state index contributed by atoms with van der Waals surface area (Å²) in [7, 11) is 0. The van der Waals surface area contributed by atoms with Gasteiger partial charge in [-0.1, -0.05) is 29.8 Å². The molecule has 5 nitrogen and oxygen atoms in total. The summed E-state index contributed by atoms with van der Waals surface area (Å²) in [4.78, 5) is 12.4. The van der Waals surface area contributed by atoms with Crippen molar-refractivity contribution in [1.29, 1.82) is 0 Å². The molecule has 1 amide bonds. The number of hydrogen-bond donors (Lipinski definition) is 1. The molecule has 0 spiro atoms. The topological polar surface area (TPSA) is 56.1 Å². The van der Waals surface area contributed by atoms with Crippen LogP contribution in [0.2, 0.25) is 5.02 Å². The number of ether oxygens (including phenoxy) is 1. The zero-order chi connectivity index (χ0) is 21.0. The molecule has 1 aromatic heterocycles. The summed E-state index contributed by atoms with van der Waals surface area (Å²) in [5.74, 6) is -0.219. The van der Waals surface area contributed by atoms with Gasteiger partial charge in [0.1, 0.15) is 5.75 Å². The Morgan fingerprint density at radius 3 is 2.66 bits per heavy atom. The number of carbonyl (C=O) groups excluding carboxylic acids is 1. The molecule has 1 heterocycles. The molecule has 2 aromatic carbocycles. The van der Waals surface area contributed by atoms with Gasteiger partial charge in [0.2, 0.25) is 0 Å². The van der Waals surface area contributed by atoms with Crippen LogP contribution in [0, 0.1) is 6.92 Å². The maximum absolute atomic E-state index is 12.4. The number of rotatable bonds is 6. The third-order valence-corrected chi connectivity index (χ3v) is 4.18. The van der Waals surface area contributed by atoms with Gasteiger partial charge in [-0.3, -0.25) is 9.48 Å². The van der Waals surface area contributed by atoms with Crippen molar-refractivity contribution in [2.45, 2.75) is 19.6 Å². The highest BCUT2D eigenvalue weighted by atomic mass is 35.5. The summed E-state index contributed by atoms with van der Waals surface area (Å²) >= 11 is 5.99. The number of aryl methyl sites for hydroxylation is 1. The van der Waals surface area contributed by atoms with Crippen molar-refractivity contribution in [3.05, 3.63) is 76.4 Å². The van der Waals surface area contributed by atoms with Gasteiger partial charge in [0.05, 0.1) is 6.54 Å². The Hall–Kier alpha value is -3.00. The number of anilines is 1. The number of hydrogen-bond acceptors (Lipinski definition) is 3. The highest BCUT2D eigenvalue weighted by molar-refractivity contribution is 6.30. The van der Waals surface area contributed by atoms with Crippen molar-refractivity contribution in [2.75, 3.05) is 11.9 Å². The number of nitrogens with one attached hydrogen (secondary N) is 1. The van der Waals surface area contributed by atoms with Gasteiger partial charge in [-0.05, 0) is 42.8 Å². The molecule has 3 aromatic rings. The minimum atomic E-state index is -4.45. The smallest absolute Gasteiger partial charge is 0.422 e. The van der Waals surface area contributed by atoms with E-state index in [1.165, 1.54) is 24.3 Å². The van der Waals surface area contributed by atoms with Gasteiger partial charge in [0, 0.05) is 22.3 Å². The average Bonchev–Trinajstić information content (AvgIpc) is 2.98. The maximum atomic E-state index is 12.4. The van der Waals surface area contributed by atoms with Gasteiger partial charge in [0.15, 0.2) is 12.4 Å². The van der Waals surface area contributed by atoms with Crippen LogP contribution in [-0.2, 0) is 6.54 Å². The first-order chi connectivity index (χ1) is 13.7. The molecule has 9 heteroatoms. The molecule has 0 unspecified atom stereocenters. The van der Waals surface area contributed by atoms with E-state index in [1.54, 1.807) is 16.8 Å². The Morgan fingerprint density at radius 2 is 1.93 bits per heavy atom. The molecule has 0 aliphatic heterocycles. The van der Waals surface area contributed by atoms with Crippen LogP contribution in [-0.4, -0.2) is 28.5 Å². The predicted octanol–water partition coefficient (Wildman–Crippen LogP) is 5.09. The van der Waals surface area contributed by atoms with Gasteiger partial charge >= 0.3 is 6.18 Å². The second-order valence-corrected chi connectivity index (χ2v) is 6.78. The standard InChI is InChI=1S/C20H17ClF3N3O2/c1-13-8-18(26-27(13)11-14-4-2-6-16(21)9-14)25-19(28)15-5-3-7-17(10-15)29-12-20(22,23)24/h2-10H,11-12H2,1H3,(H,25,26,28). The second kappa shape index (κ2) is 8.57. The molecular weight excluding hydrogens is 407 g/mol. The first kappa shape index (κ1) is 20.7. The summed E-state index contributed by atoms with van der Waals surface area (Å²) in [6, 6.07) is 14.6. The zero-order valence-corrected chi connectivity index (χ0v) is 16.1. The lowest BCUT2D eigenvalue weighted by Gasteiger charge is -2.10. The van der Waals surface area contributed by atoms with Crippen molar-refractivity contribution >= 4 is 23.3 Å². The minimum absolute atomic E-state index is 0.0439. The fraction of sp³-hybridized carbons (Fsp3) is 0.200. The number of carbonyl (C=O) groups is 1.